The molecule has 7 heteroatoms. The summed E-state index contributed by atoms with van der Waals surface area (Å²) in [7, 11) is 0. The number of carbonyl (C=O) groups is 1. The molecule has 0 bridgehead atoms. The number of halogens is 3. The SMILES string of the molecule is N#C/C(=C\c1ccc(OCc2c(Cl)cccc2Cl)cc1)C(=O)Nc1cccc(Cl)c1. The normalized spacial score (nSPS) is 10.9. The van der Waals surface area contributed by atoms with Gasteiger partial charge in [-0.1, -0.05) is 59.1 Å². The van der Waals surface area contributed by atoms with Crippen molar-refractivity contribution in [2.24, 2.45) is 0 Å². The first-order valence-corrected chi connectivity index (χ1v) is 9.94. The van der Waals surface area contributed by atoms with Crippen LogP contribution in [-0.4, -0.2) is 5.91 Å². The van der Waals surface area contributed by atoms with E-state index in [2.05, 4.69) is 5.32 Å². The van der Waals surface area contributed by atoms with E-state index in [4.69, 9.17) is 39.5 Å². The van der Waals surface area contributed by atoms with E-state index < -0.39 is 5.91 Å². The fourth-order valence-electron chi connectivity index (χ4n) is 2.57. The molecule has 1 amide bonds. The summed E-state index contributed by atoms with van der Waals surface area (Å²) >= 11 is 18.2. The highest BCUT2D eigenvalue weighted by Crippen LogP contribution is 2.26. The largest absolute Gasteiger partial charge is 0.489 e. The summed E-state index contributed by atoms with van der Waals surface area (Å²) in [5.74, 6) is 0.0819. The molecule has 0 heterocycles. The number of benzene rings is 3. The van der Waals surface area contributed by atoms with Gasteiger partial charge in [0.15, 0.2) is 0 Å². The van der Waals surface area contributed by atoms with Crippen LogP contribution in [0.4, 0.5) is 5.69 Å². The van der Waals surface area contributed by atoms with Crippen molar-refractivity contribution in [3.63, 3.8) is 0 Å². The van der Waals surface area contributed by atoms with E-state index in [1.165, 1.54) is 6.08 Å². The van der Waals surface area contributed by atoms with Gasteiger partial charge in [-0.2, -0.15) is 5.26 Å². The van der Waals surface area contributed by atoms with Gasteiger partial charge in [0.1, 0.15) is 24.0 Å². The van der Waals surface area contributed by atoms with Crippen LogP contribution in [0.15, 0.2) is 72.3 Å². The highest BCUT2D eigenvalue weighted by Gasteiger charge is 2.10. The summed E-state index contributed by atoms with van der Waals surface area (Å²) in [5, 5.41) is 13.6. The summed E-state index contributed by atoms with van der Waals surface area (Å²) in [6, 6.07) is 20.8. The van der Waals surface area contributed by atoms with Gasteiger partial charge in [0.2, 0.25) is 0 Å². The van der Waals surface area contributed by atoms with Crippen molar-refractivity contribution in [1.82, 2.24) is 0 Å². The third-order valence-electron chi connectivity index (χ3n) is 4.08. The van der Waals surface area contributed by atoms with Crippen molar-refractivity contribution in [2.45, 2.75) is 6.61 Å². The van der Waals surface area contributed by atoms with Gasteiger partial charge < -0.3 is 10.1 Å². The van der Waals surface area contributed by atoms with E-state index >= 15 is 0 Å². The van der Waals surface area contributed by atoms with Gasteiger partial charge in [-0.15, -0.1) is 0 Å². The lowest BCUT2D eigenvalue weighted by atomic mass is 10.1. The Hall–Kier alpha value is -2.97. The Balaban J connectivity index is 1.67. The van der Waals surface area contributed by atoms with Crippen LogP contribution in [0.3, 0.4) is 0 Å². The number of nitriles is 1. The van der Waals surface area contributed by atoms with Crippen LogP contribution in [0, 0.1) is 11.3 Å². The zero-order valence-corrected chi connectivity index (χ0v) is 17.8. The van der Waals surface area contributed by atoms with Crippen LogP contribution in [0.1, 0.15) is 11.1 Å². The van der Waals surface area contributed by atoms with Crippen molar-refractivity contribution in [1.29, 1.82) is 5.26 Å². The Morgan fingerprint density at radius 1 is 1.00 bits per heavy atom. The highest BCUT2D eigenvalue weighted by atomic mass is 35.5. The van der Waals surface area contributed by atoms with Crippen molar-refractivity contribution < 1.29 is 9.53 Å². The van der Waals surface area contributed by atoms with E-state index in [0.717, 1.165) is 0 Å². The molecular weight excluding hydrogens is 443 g/mol. The first-order chi connectivity index (χ1) is 14.5. The molecule has 3 aromatic rings. The van der Waals surface area contributed by atoms with Crippen LogP contribution >= 0.6 is 34.8 Å². The standard InChI is InChI=1S/C23H15Cl3N2O2/c24-17-3-1-4-18(12-17)28-23(29)16(13-27)11-15-7-9-19(10-8-15)30-14-20-21(25)5-2-6-22(20)26/h1-12H,14H2,(H,28,29)/b16-11+. The number of anilines is 1. The lowest BCUT2D eigenvalue weighted by Gasteiger charge is -2.09. The van der Waals surface area contributed by atoms with Crippen molar-refractivity contribution >= 4 is 52.5 Å². The summed E-state index contributed by atoms with van der Waals surface area (Å²) in [4.78, 5) is 12.4. The molecule has 0 aliphatic heterocycles. The van der Waals surface area contributed by atoms with Gasteiger partial charge in [0, 0.05) is 26.3 Å². The zero-order valence-electron chi connectivity index (χ0n) is 15.5. The summed E-state index contributed by atoms with van der Waals surface area (Å²) < 4.78 is 5.73. The predicted molar refractivity (Wildman–Crippen MR) is 121 cm³/mol. The molecular formula is C23H15Cl3N2O2. The maximum atomic E-state index is 12.4. The lowest BCUT2D eigenvalue weighted by Crippen LogP contribution is -2.13. The monoisotopic (exact) mass is 456 g/mol. The quantitative estimate of drug-likeness (QED) is 0.328. The van der Waals surface area contributed by atoms with Gasteiger partial charge >= 0.3 is 0 Å². The Morgan fingerprint density at radius 2 is 1.67 bits per heavy atom. The molecule has 0 saturated carbocycles. The molecule has 0 aliphatic rings. The minimum atomic E-state index is -0.520. The van der Waals surface area contributed by atoms with Crippen molar-refractivity contribution in [3.8, 4) is 11.8 Å². The molecule has 1 N–H and O–H groups in total. The summed E-state index contributed by atoms with van der Waals surface area (Å²) in [5.41, 5.74) is 1.85. The molecule has 150 valence electrons. The van der Waals surface area contributed by atoms with Crippen LogP contribution in [0.5, 0.6) is 5.75 Å². The number of rotatable bonds is 6. The van der Waals surface area contributed by atoms with Crippen LogP contribution in [-0.2, 0) is 11.4 Å². The zero-order chi connectivity index (χ0) is 21.5. The average Bonchev–Trinajstić information content (AvgIpc) is 2.72. The Bertz CT molecular complexity index is 1120. The maximum absolute atomic E-state index is 12.4. The topological polar surface area (TPSA) is 62.1 Å². The second kappa shape index (κ2) is 10.2. The molecule has 4 nitrogen and oxygen atoms in total. The number of nitrogens with zero attached hydrogens (tertiary/aromatic N) is 1. The molecule has 3 rings (SSSR count). The molecule has 0 aliphatic carbocycles. The molecule has 0 unspecified atom stereocenters. The van der Waals surface area contributed by atoms with Gasteiger partial charge in [-0.3, -0.25) is 4.79 Å². The molecule has 0 radical (unpaired) electrons. The second-order valence-corrected chi connectivity index (χ2v) is 7.44. The van der Waals surface area contributed by atoms with E-state index in [1.54, 1.807) is 66.7 Å². The minimum Gasteiger partial charge on any atom is -0.489 e. The number of amides is 1. The third-order valence-corrected chi connectivity index (χ3v) is 5.03. The fourth-order valence-corrected chi connectivity index (χ4v) is 3.26. The Labute approximate surface area is 189 Å². The fraction of sp³-hybridized carbons (Fsp3) is 0.0435. The van der Waals surface area contributed by atoms with Crippen molar-refractivity contribution in [3.05, 3.63) is 98.5 Å². The number of nitrogens with one attached hydrogen (secondary N) is 1. The molecule has 0 spiro atoms. The summed E-state index contributed by atoms with van der Waals surface area (Å²) in [6.45, 7) is 0.221. The number of hydrogen-bond acceptors (Lipinski definition) is 3. The van der Waals surface area contributed by atoms with Gasteiger partial charge in [-0.05, 0) is 54.1 Å². The average molecular weight is 458 g/mol. The number of carbonyl (C=O) groups excluding carboxylic acids is 1. The van der Waals surface area contributed by atoms with Crippen molar-refractivity contribution in [2.75, 3.05) is 5.32 Å². The molecule has 0 aromatic heterocycles. The smallest absolute Gasteiger partial charge is 0.266 e. The van der Waals surface area contributed by atoms with Gasteiger partial charge in [0.05, 0.1) is 0 Å². The molecule has 0 fully saturated rings. The molecule has 0 atom stereocenters. The number of ether oxygens (including phenoxy) is 1. The van der Waals surface area contributed by atoms with E-state index in [-0.39, 0.29) is 12.2 Å². The first kappa shape index (κ1) is 21.7. The highest BCUT2D eigenvalue weighted by molar-refractivity contribution is 6.36. The van der Waals surface area contributed by atoms with Crippen LogP contribution < -0.4 is 10.1 Å². The second-order valence-electron chi connectivity index (χ2n) is 6.19. The molecule has 0 saturated heterocycles. The lowest BCUT2D eigenvalue weighted by molar-refractivity contribution is -0.112. The third kappa shape index (κ3) is 5.77. The van der Waals surface area contributed by atoms with Crippen LogP contribution in [0.2, 0.25) is 15.1 Å². The molecule has 3 aromatic carbocycles. The van der Waals surface area contributed by atoms with E-state index in [1.807, 2.05) is 6.07 Å². The predicted octanol–water partition coefficient (Wildman–Crippen LogP) is 6.77. The summed E-state index contributed by atoms with van der Waals surface area (Å²) in [6.07, 6.45) is 1.49. The van der Waals surface area contributed by atoms with E-state index in [0.29, 0.717) is 37.6 Å². The Morgan fingerprint density at radius 3 is 2.30 bits per heavy atom. The number of hydrogen-bond donors (Lipinski definition) is 1. The van der Waals surface area contributed by atoms with Gasteiger partial charge in [0.25, 0.3) is 5.91 Å². The Kier molecular flexibility index (Phi) is 7.37. The minimum absolute atomic E-state index is 0.0357. The van der Waals surface area contributed by atoms with Gasteiger partial charge in [-0.25, -0.2) is 0 Å². The maximum Gasteiger partial charge on any atom is 0.266 e. The van der Waals surface area contributed by atoms with E-state index in [9.17, 15) is 10.1 Å². The van der Waals surface area contributed by atoms with Crippen LogP contribution in [0.25, 0.3) is 6.08 Å². The molecule has 30 heavy (non-hydrogen) atoms. The first-order valence-electron chi connectivity index (χ1n) is 8.81.